The minimum absolute atomic E-state index is 0.544. The fourth-order valence-electron chi connectivity index (χ4n) is 2.33. The van der Waals surface area contributed by atoms with Crippen LogP contribution in [-0.4, -0.2) is 18.6 Å². The zero-order valence-corrected chi connectivity index (χ0v) is 14.6. The Morgan fingerprint density at radius 3 is 2.60 bits per heavy atom. The van der Waals surface area contributed by atoms with Gasteiger partial charge in [-0.25, -0.2) is 0 Å². The molecule has 2 aromatic rings. The molecule has 0 aliphatic heterocycles. The molecule has 1 aromatic carbocycles. The van der Waals surface area contributed by atoms with Crippen molar-refractivity contribution in [2.24, 2.45) is 5.92 Å². The van der Waals surface area contributed by atoms with Gasteiger partial charge in [-0.3, -0.25) is 4.98 Å². The number of benzene rings is 1. The molecule has 0 amide bonds. The number of nitrogens with one attached hydrogen (secondary N) is 1. The van der Waals surface area contributed by atoms with Gasteiger partial charge in [-0.2, -0.15) is 0 Å². The largest absolute Gasteiger partial charge is 0.319 e. The fraction of sp³-hybridized carbons (Fsp3) is 0.312. The van der Waals surface area contributed by atoms with E-state index in [0.717, 1.165) is 34.0 Å². The van der Waals surface area contributed by atoms with Crippen LogP contribution in [0.4, 0.5) is 0 Å². The maximum Gasteiger partial charge on any atom is 0.0413 e. The van der Waals surface area contributed by atoms with Gasteiger partial charge in [0.05, 0.1) is 0 Å². The van der Waals surface area contributed by atoms with Crippen LogP contribution in [0, 0.1) is 5.92 Å². The molecule has 1 N–H and O–H groups in total. The Balaban J connectivity index is 2.05. The summed E-state index contributed by atoms with van der Waals surface area (Å²) in [6, 6.07) is 12.7. The molecule has 106 valence electrons. The van der Waals surface area contributed by atoms with Crippen LogP contribution in [0.2, 0.25) is 0 Å². The second kappa shape index (κ2) is 7.91. The van der Waals surface area contributed by atoms with Crippen molar-refractivity contribution in [3.05, 3.63) is 62.8 Å². The van der Waals surface area contributed by atoms with Gasteiger partial charge in [0.15, 0.2) is 0 Å². The topological polar surface area (TPSA) is 24.9 Å². The van der Waals surface area contributed by atoms with Crippen molar-refractivity contribution in [3.8, 4) is 0 Å². The molecule has 1 atom stereocenters. The molecule has 0 aliphatic rings. The lowest BCUT2D eigenvalue weighted by Gasteiger charge is -2.16. The summed E-state index contributed by atoms with van der Waals surface area (Å²) in [7, 11) is 2.00. The Morgan fingerprint density at radius 2 is 1.95 bits per heavy atom. The highest BCUT2D eigenvalue weighted by molar-refractivity contribution is 9.10. The van der Waals surface area contributed by atoms with Crippen molar-refractivity contribution in [1.82, 2.24) is 10.3 Å². The Bertz CT molecular complexity index is 540. The van der Waals surface area contributed by atoms with Gasteiger partial charge in [0.25, 0.3) is 0 Å². The Labute approximate surface area is 137 Å². The monoisotopic (exact) mass is 396 g/mol. The SMILES string of the molecule is CNCC(Cc1cccc(Br)c1)Cc1ccc(Br)cn1. The highest BCUT2D eigenvalue weighted by Gasteiger charge is 2.11. The molecule has 0 saturated carbocycles. The molecular formula is C16H18Br2N2. The van der Waals surface area contributed by atoms with Crippen LogP contribution in [0.25, 0.3) is 0 Å². The number of rotatable bonds is 6. The number of hydrogen-bond acceptors (Lipinski definition) is 2. The van der Waals surface area contributed by atoms with Gasteiger partial charge >= 0.3 is 0 Å². The lowest BCUT2D eigenvalue weighted by Crippen LogP contribution is -2.23. The van der Waals surface area contributed by atoms with Gasteiger partial charge in [0, 0.05) is 20.8 Å². The third-order valence-electron chi connectivity index (χ3n) is 3.19. The third kappa shape index (κ3) is 5.00. The lowest BCUT2D eigenvalue weighted by atomic mass is 9.94. The lowest BCUT2D eigenvalue weighted by molar-refractivity contribution is 0.488. The molecule has 0 spiro atoms. The first kappa shape index (κ1) is 15.7. The molecule has 20 heavy (non-hydrogen) atoms. The van der Waals surface area contributed by atoms with E-state index in [4.69, 9.17) is 0 Å². The van der Waals surface area contributed by atoms with Crippen LogP contribution in [0.3, 0.4) is 0 Å². The highest BCUT2D eigenvalue weighted by atomic mass is 79.9. The average molecular weight is 398 g/mol. The number of halogens is 2. The van der Waals surface area contributed by atoms with Crippen molar-refractivity contribution in [1.29, 1.82) is 0 Å². The Kier molecular flexibility index (Phi) is 6.20. The summed E-state index contributed by atoms with van der Waals surface area (Å²) in [4.78, 5) is 4.48. The quantitative estimate of drug-likeness (QED) is 0.788. The van der Waals surface area contributed by atoms with Crippen molar-refractivity contribution in [2.75, 3.05) is 13.6 Å². The minimum Gasteiger partial charge on any atom is -0.319 e. The molecule has 1 heterocycles. The van der Waals surface area contributed by atoms with Crippen molar-refractivity contribution in [2.45, 2.75) is 12.8 Å². The molecule has 0 fully saturated rings. The second-order valence-electron chi connectivity index (χ2n) is 4.93. The molecule has 1 unspecified atom stereocenters. The number of hydrogen-bond donors (Lipinski definition) is 1. The van der Waals surface area contributed by atoms with Crippen molar-refractivity contribution in [3.63, 3.8) is 0 Å². The van der Waals surface area contributed by atoms with Gasteiger partial charge in [-0.15, -0.1) is 0 Å². The fourth-order valence-corrected chi connectivity index (χ4v) is 3.01. The van der Waals surface area contributed by atoms with Crippen molar-refractivity contribution >= 4 is 31.9 Å². The minimum atomic E-state index is 0.544. The van der Waals surface area contributed by atoms with E-state index in [-0.39, 0.29) is 0 Å². The van der Waals surface area contributed by atoms with Gasteiger partial charge in [0.1, 0.15) is 0 Å². The van der Waals surface area contributed by atoms with Crippen molar-refractivity contribution < 1.29 is 0 Å². The van der Waals surface area contributed by atoms with E-state index in [9.17, 15) is 0 Å². The maximum absolute atomic E-state index is 4.48. The predicted octanol–water partition coefficient (Wildman–Crippen LogP) is 4.23. The number of aromatic nitrogens is 1. The first-order chi connectivity index (χ1) is 9.67. The molecule has 0 saturated heterocycles. The van der Waals surface area contributed by atoms with Crippen LogP contribution < -0.4 is 5.32 Å². The normalized spacial score (nSPS) is 12.3. The zero-order chi connectivity index (χ0) is 14.4. The third-order valence-corrected chi connectivity index (χ3v) is 4.15. The number of nitrogens with zero attached hydrogens (tertiary/aromatic N) is 1. The molecular weight excluding hydrogens is 380 g/mol. The second-order valence-corrected chi connectivity index (χ2v) is 6.76. The molecule has 0 bridgehead atoms. The first-order valence-corrected chi connectivity index (χ1v) is 8.25. The van der Waals surface area contributed by atoms with E-state index in [0.29, 0.717) is 5.92 Å². The van der Waals surface area contributed by atoms with Crippen LogP contribution in [0.1, 0.15) is 11.3 Å². The summed E-state index contributed by atoms with van der Waals surface area (Å²) >= 11 is 6.96. The van der Waals surface area contributed by atoms with Crippen LogP contribution in [-0.2, 0) is 12.8 Å². The summed E-state index contributed by atoms with van der Waals surface area (Å²) in [5.41, 5.74) is 2.50. The smallest absolute Gasteiger partial charge is 0.0413 e. The summed E-state index contributed by atoms with van der Waals surface area (Å²) in [6.07, 6.45) is 3.91. The van der Waals surface area contributed by atoms with Crippen LogP contribution in [0.5, 0.6) is 0 Å². The predicted molar refractivity (Wildman–Crippen MR) is 90.9 cm³/mol. The highest BCUT2D eigenvalue weighted by Crippen LogP contribution is 2.18. The van der Waals surface area contributed by atoms with E-state index in [1.807, 2.05) is 13.2 Å². The van der Waals surface area contributed by atoms with E-state index in [1.54, 1.807) is 0 Å². The van der Waals surface area contributed by atoms with Crippen LogP contribution >= 0.6 is 31.9 Å². The number of pyridine rings is 1. The summed E-state index contributed by atoms with van der Waals surface area (Å²) in [5, 5.41) is 3.29. The molecule has 2 rings (SSSR count). The standard InChI is InChI=1S/C16H18Br2N2/c1-19-10-13(7-12-3-2-4-14(17)8-12)9-16-6-5-15(18)11-20-16/h2-6,8,11,13,19H,7,9-10H2,1H3. The van der Waals surface area contributed by atoms with E-state index in [2.05, 4.69) is 78.6 Å². The van der Waals surface area contributed by atoms with Gasteiger partial charge in [0.2, 0.25) is 0 Å². The van der Waals surface area contributed by atoms with E-state index in [1.165, 1.54) is 5.56 Å². The van der Waals surface area contributed by atoms with E-state index < -0.39 is 0 Å². The molecule has 0 aliphatic carbocycles. The molecule has 1 aromatic heterocycles. The average Bonchev–Trinajstić information content (AvgIpc) is 2.42. The molecule has 2 nitrogen and oxygen atoms in total. The molecule has 0 radical (unpaired) electrons. The van der Waals surface area contributed by atoms with Gasteiger partial charge in [-0.1, -0.05) is 28.1 Å². The van der Waals surface area contributed by atoms with Gasteiger partial charge < -0.3 is 5.32 Å². The van der Waals surface area contributed by atoms with Gasteiger partial charge in [-0.05, 0) is 78.1 Å². The Morgan fingerprint density at radius 1 is 1.10 bits per heavy atom. The summed E-state index contributed by atoms with van der Waals surface area (Å²) in [6.45, 7) is 0.990. The molecule has 4 heteroatoms. The zero-order valence-electron chi connectivity index (χ0n) is 11.4. The van der Waals surface area contributed by atoms with Crippen LogP contribution in [0.15, 0.2) is 51.5 Å². The summed E-state index contributed by atoms with van der Waals surface area (Å²) < 4.78 is 2.17. The summed E-state index contributed by atoms with van der Waals surface area (Å²) in [5.74, 6) is 0.544. The maximum atomic E-state index is 4.48. The van der Waals surface area contributed by atoms with E-state index >= 15 is 0 Å². The Hall–Kier alpha value is -0.710. The first-order valence-electron chi connectivity index (χ1n) is 6.67.